The SMILES string of the molecule is COC(=O)Cc1cc(F)ccc1C1=CCCO1. The van der Waals surface area contributed by atoms with Crippen LogP contribution in [0.4, 0.5) is 4.39 Å². The molecule has 17 heavy (non-hydrogen) atoms. The summed E-state index contributed by atoms with van der Waals surface area (Å²) in [5.74, 6) is -0.0504. The summed E-state index contributed by atoms with van der Waals surface area (Å²) in [6.45, 7) is 0.629. The molecule has 4 heteroatoms. The number of carbonyl (C=O) groups is 1. The molecule has 0 saturated carbocycles. The number of methoxy groups -OCH3 is 1. The van der Waals surface area contributed by atoms with E-state index in [-0.39, 0.29) is 12.2 Å². The van der Waals surface area contributed by atoms with Crippen molar-refractivity contribution < 1.29 is 18.7 Å². The first kappa shape index (κ1) is 11.6. The number of esters is 1. The fourth-order valence-corrected chi connectivity index (χ4v) is 1.78. The number of carbonyl (C=O) groups excluding carboxylic acids is 1. The summed E-state index contributed by atoms with van der Waals surface area (Å²) < 4.78 is 23.2. The Kier molecular flexibility index (Phi) is 3.42. The van der Waals surface area contributed by atoms with Gasteiger partial charge in [-0.1, -0.05) is 0 Å². The molecule has 1 aromatic rings. The van der Waals surface area contributed by atoms with E-state index in [2.05, 4.69) is 4.74 Å². The predicted molar refractivity (Wildman–Crippen MR) is 60.7 cm³/mol. The summed E-state index contributed by atoms with van der Waals surface area (Å²) in [6, 6.07) is 4.33. The third kappa shape index (κ3) is 2.64. The second-order valence-electron chi connectivity index (χ2n) is 3.76. The molecule has 0 aliphatic carbocycles. The maximum Gasteiger partial charge on any atom is 0.310 e. The van der Waals surface area contributed by atoms with Crippen molar-refractivity contribution in [2.24, 2.45) is 0 Å². The van der Waals surface area contributed by atoms with Crippen LogP contribution in [0.5, 0.6) is 0 Å². The van der Waals surface area contributed by atoms with E-state index < -0.39 is 5.97 Å². The minimum atomic E-state index is -0.393. The van der Waals surface area contributed by atoms with E-state index >= 15 is 0 Å². The quantitative estimate of drug-likeness (QED) is 0.755. The summed E-state index contributed by atoms with van der Waals surface area (Å²) in [7, 11) is 1.31. The van der Waals surface area contributed by atoms with E-state index in [0.29, 0.717) is 17.9 Å². The van der Waals surface area contributed by atoms with Crippen molar-refractivity contribution in [2.75, 3.05) is 13.7 Å². The van der Waals surface area contributed by atoms with Crippen LogP contribution in [0.2, 0.25) is 0 Å². The van der Waals surface area contributed by atoms with E-state index in [1.165, 1.54) is 19.2 Å². The largest absolute Gasteiger partial charge is 0.493 e. The van der Waals surface area contributed by atoms with Gasteiger partial charge in [0, 0.05) is 12.0 Å². The molecule has 90 valence electrons. The molecule has 0 N–H and O–H groups in total. The Morgan fingerprint density at radius 1 is 1.53 bits per heavy atom. The minimum absolute atomic E-state index is 0.0459. The summed E-state index contributed by atoms with van der Waals surface area (Å²) >= 11 is 0. The monoisotopic (exact) mass is 236 g/mol. The second kappa shape index (κ2) is 4.99. The van der Waals surface area contributed by atoms with Crippen molar-refractivity contribution in [3.05, 3.63) is 41.2 Å². The van der Waals surface area contributed by atoms with Crippen LogP contribution in [-0.2, 0) is 20.7 Å². The molecule has 0 aromatic heterocycles. The molecule has 0 unspecified atom stereocenters. The zero-order chi connectivity index (χ0) is 12.3. The molecule has 3 nitrogen and oxygen atoms in total. The van der Waals surface area contributed by atoms with Crippen molar-refractivity contribution >= 4 is 11.7 Å². The number of halogens is 1. The molecule has 0 radical (unpaired) electrons. The van der Waals surface area contributed by atoms with E-state index in [4.69, 9.17) is 4.74 Å². The molecule has 0 amide bonds. The van der Waals surface area contributed by atoms with E-state index in [9.17, 15) is 9.18 Å². The smallest absolute Gasteiger partial charge is 0.310 e. The van der Waals surface area contributed by atoms with Crippen molar-refractivity contribution in [1.29, 1.82) is 0 Å². The van der Waals surface area contributed by atoms with E-state index in [0.717, 1.165) is 12.0 Å². The predicted octanol–water partition coefficient (Wildman–Crippen LogP) is 2.30. The Labute approximate surface area is 98.8 Å². The van der Waals surface area contributed by atoms with Gasteiger partial charge < -0.3 is 9.47 Å². The van der Waals surface area contributed by atoms with Crippen LogP contribution in [0, 0.1) is 5.82 Å². The number of rotatable bonds is 3. The Hall–Kier alpha value is -1.84. The maximum atomic E-state index is 13.2. The molecular formula is C13H13FO3. The lowest BCUT2D eigenvalue weighted by Crippen LogP contribution is -2.07. The Balaban J connectivity index is 2.33. The number of ether oxygens (including phenoxy) is 2. The highest BCUT2D eigenvalue weighted by molar-refractivity contribution is 5.76. The van der Waals surface area contributed by atoms with Crippen LogP contribution in [0.3, 0.4) is 0 Å². The van der Waals surface area contributed by atoms with Gasteiger partial charge >= 0.3 is 5.97 Å². The fourth-order valence-electron chi connectivity index (χ4n) is 1.78. The minimum Gasteiger partial charge on any atom is -0.493 e. The van der Waals surface area contributed by atoms with Crippen molar-refractivity contribution in [1.82, 2.24) is 0 Å². The molecule has 0 bridgehead atoms. The van der Waals surface area contributed by atoms with Crippen LogP contribution in [0.1, 0.15) is 17.5 Å². The van der Waals surface area contributed by atoms with Crippen molar-refractivity contribution in [2.45, 2.75) is 12.8 Å². The van der Waals surface area contributed by atoms with Crippen LogP contribution < -0.4 is 0 Å². The van der Waals surface area contributed by atoms with Crippen LogP contribution in [0.15, 0.2) is 24.3 Å². The maximum absolute atomic E-state index is 13.2. The Morgan fingerprint density at radius 3 is 3.00 bits per heavy atom. The molecule has 1 aliphatic rings. The summed E-state index contributed by atoms with van der Waals surface area (Å²) in [5.41, 5.74) is 1.35. The Bertz CT molecular complexity index is 466. The molecular weight excluding hydrogens is 223 g/mol. The van der Waals surface area contributed by atoms with Gasteiger partial charge in [-0.25, -0.2) is 4.39 Å². The second-order valence-corrected chi connectivity index (χ2v) is 3.76. The highest BCUT2D eigenvalue weighted by atomic mass is 19.1. The molecule has 0 saturated heterocycles. The number of hydrogen-bond acceptors (Lipinski definition) is 3. The first-order chi connectivity index (χ1) is 8.20. The first-order valence-electron chi connectivity index (χ1n) is 5.39. The standard InChI is InChI=1S/C13H13FO3/c1-16-13(15)8-9-7-10(14)4-5-11(9)12-3-2-6-17-12/h3-5,7H,2,6,8H2,1H3. The lowest BCUT2D eigenvalue weighted by Gasteiger charge is -2.10. The highest BCUT2D eigenvalue weighted by Crippen LogP contribution is 2.26. The topological polar surface area (TPSA) is 35.5 Å². The van der Waals surface area contributed by atoms with E-state index in [1.807, 2.05) is 6.08 Å². The fraction of sp³-hybridized carbons (Fsp3) is 0.308. The number of benzene rings is 1. The van der Waals surface area contributed by atoms with Gasteiger partial charge in [0.25, 0.3) is 0 Å². The van der Waals surface area contributed by atoms with Gasteiger partial charge in [-0.15, -0.1) is 0 Å². The lowest BCUT2D eigenvalue weighted by molar-refractivity contribution is -0.139. The Morgan fingerprint density at radius 2 is 2.35 bits per heavy atom. The van der Waals surface area contributed by atoms with Crippen LogP contribution in [0.25, 0.3) is 5.76 Å². The molecule has 0 atom stereocenters. The third-order valence-corrected chi connectivity index (χ3v) is 2.60. The van der Waals surface area contributed by atoms with Crippen LogP contribution >= 0.6 is 0 Å². The van der Waals surface area contributed by atoms with Crippen molar-refractivity contribution in [3.8, 4) is 0 Å². The van der Waals surface area contributed by atoms with Gasteiger partial charge in [0.15, 0.2) is 0 Å². The van der Waals surface area contributed by atoms with Gasteiger partial charge in [0.2, 0.25) is 0 Å². The van der Waals surface area contributed by atoms with Gasteiger partial charge in [0.05, 0.1) is 20.1 Å². The molecule has 0 fully saturated rings. The normalized spacial score (nSPS) is 14.1. The van der Waals surface area contributed by atoms with Gasteiger partial charge in [-0.05, 0) is 29.8 Å². The summed E-state index contributed by atoms with van der Waals surface area (Å²) in [6.07, 6.45) is 2.82. The zero-order valence-corrected chi connectivity index (χ0v) is 9.53. The molecule has 1 aromatic carbocycles. The average molecular weight is 236 g/mol. The lowest BCUT2D eigenvalue weighted by atomic mass is 10.0. The van der Waals surface area contributed by atoms with E-state index in [1.54, 1.807) is 6.07 Å². The highest BCUT2D eigenvalue weighted by Gasteiger charge is 2.15. The zero-order valence-electron chi connectivity index (χ0n) is 9.53. The first-order valence-corrected chi connectivity index (χ1v) is 5.39. The van der Waals surface area contributed by atoms with Crippen LogP contribution in [-0.4, -0.2) is 19.7 Å². The summed E-state index contributed by atoms with van der Waals surface area (Å²) in [5, 5.41) is 0. The molecule has 2 rings (SSSR count). The molecule has 1 heterocycles. The average Bonchev–Trinajstić information content (AvgIpc) is 2.82. The van der Waals surface area contributed by atoms with Gasteiger partial charge in [0.1, 0.15) is 11.6 Å². The third-order valence-electron chi connectivity index (χ3n) is 2.60. The molecule has 0 spiro atoms. The summed E-state index contributed by atoms with van der Waals surface area (Å²) in [4.78, 5) is 11.3. The van der Waals surface area contributed by atoms with Crippen molar-refractivity contribution in [3.63, 3.8) is 0 Å². The van der Waals surface area contributed by atoms with Gasteiger partial charge in [-0.2, -0.15) is 0 Å². The van der Waals surface area contributed by atoms with Gasteiger partial charge in [-0.3, -0.25) is 4.79 Å². The number of hydrogen-bond donors (Lipinski definition) is 0. The molecule has 1 aliphatic heterocycles.